The molecule has 0 aromatic carbocycles. The molecule has 1 heterocycles. The smallest absolute Gasteiger partial charge is 0.0547 e. The highest BCUT2D eigenvalue weighted by molar-refractivity contribution is 7.10. The molecule has 3 heteroatoms. The molecule has 0 radical (unpaired) electrons. The maximum Gasteiger partial charge on any atom is 0.0547 e. The molecule has 1 saturated carbocycles. The maximum atomic E-state index is 6.45. The van der Waals surface area contributed by atoms with Crippen LogP contribution in [0.2, 0.25) is 5.02 Å². The Hall–Kier alpha value is -0.0500. The van der Waals surface area contributed by atoms with Crippen LogP contribution in [0.5, 0.6) is 0 Å². The van der Waals surface area contributed by atoms with Crippen molar-refractivity contribution in [2.24, 2.45) is 17.8 Å². The third-order valence-electron chi connectivity index (χ3n) is 4.85. The Morgan fingerprint density at radius 2 is 2.05 bits per heavy atom. The molecule has 3 unspecified atom stereocenters. The van der Waals surface area contributed by atoms with Gasteiger partial charge in [-0.25, -0.2) is 0 Å². The van der Waals surface area contributed by atoms with Gasteiger partial charge in [0.2, 0.25) is 0 Å². The minimum absolute atomic E-state index is 0.193. The first kappa shape index (κ1) is 17.3. The first-order chi connectivity index (χ1) is 9.78. The predicted molar refractivity (Wildman–Crippen MR) is 95.5 cm³/mol. The third kappa shape index (κ3) is 4.71. The molecule has 0 saturated heterocycles. The van der Waals surface area contributed by atoms with Gasteiger partial charge in [-0.3, -0.25) is 0 Å². The van der Waals surface area contributed by atoms with Crippen molar-refractivity contribution in [2.75, 3.05) is 6.54 Å². The molecular weight excluding hydrogens is 298 g/mol. The van der Waals surface area contributed by atoms with Gasteiger partial charge < -0.3 is 5.32 Å². The van der Waals surface area contributed by atoms with Crippen LogP contribution < -0.4 is 5.32 Å². The Balaban J connectivity index is 2.13. The lowest BCUT2D eigenvalue weighted by molar-refractivity contribution is 0.184. The van der Waals surface area contributed by atoms with E-state index in [1.54, 1.807) is 0 Å². The summed E-state index contributed by atoms with van der Waals surface area (Å²) >= 11 is 8.29. The van der Waals surface area contributed by atoms with Gasteiger partial charge in [-0.1, -0.05) is 25.4 Å². The van der Waals surface area contributed by atoms with Crippen LogP contribution in [-0.2, 0) is 0 Å². The van der Waals surface area contributed by atoms with Crippen LogP contribution in [0.3, 0.4) is 0 Å². The molecule has 1 aliphatic carbocycles. The van der Waals surface area contributed by atoms with Gasteiger partial charge in [0.15, 0.2) is 0 Å². The zero-order valence-electron chi connectivity index (χ0n) is 14.1. The fourth-order valence-corrected chi connectivity index (χ4v) is 4.85. The lowest BCUT2D eigenvalue weighted by Crippen LogP contribution is -2.42. The highest BCUT2D eigenvalue weighted by Crippen LogP contribution is 2.46. The molecule has 1 N–H and O–H groups in total. The van der Waals surface area contributed by atoms with Crippen LogP contribution in [0.4, 0.5) is 0 Å². The fraction of sp³-hybridized carbons (Fsp3) is 0.778. The molecule has 21 heavy (non-hydrogen) atoms. The van der Waals surface area contributed by atoms with Gasteiger partial charge in [0.05, 0.1) is 5.02 Å². The van der Waals surface area contributed by atoms with E-state index >= 15 is 0 Å². The summed E-state index contributed by atoms with van der Waals surface area (Å²) in [5.74, 6) is 2.98. The zero-order chi connectivity index (χ0) is 15.6. The lowest BCUT2D eigenvalue weighted by Gasteiger charge is -2.39. The maximum absolute atomic E-state index is 6.45. The number of halogens is 1. The van der Waals surface area contributed by atoms with E-state index in [1.807, 2.05) is 11.3 Å². The van der Waals surface area contributed by atoms with Gasteiger partial charge in [0.25, 0.3) is 0 Å². The summed E-state index contributed by atoms with van der Waals surface area (Å²) in [5, 5.41) is 6.83. The highest BCUT2D eigenvalue weighted by atomic mass is 35.5. The highest BCUT2D eigenvalue weighted by Gasteiger charge is 2.34. The average Bonchev–Trinajstić information content (AvgIpc) is 2.81. The first-order valence-corrected chi connectivity index (χ1v) is 9.51. The topological polar surface area (TPSA) is 12.0 Å². The van der Waals surface area contributed by atoms with E-state index in [0.717, 1.165) is 29.3 Å². The summed E-state index contributed by atoms with van der Waals surface area (Å²) in [6.07, 6.45) is 3.99. The van der Waals surface area contributed by atoms with E-state index in [1.165, 1.54) is 24.1 Å². The normalized spacial score (nSPS) is 27.3. The standard InChI is InChI=1S/C18H30ClNS/c1-12(2)13-6-7-14(11-20-18(3,4)5)15(10-13)17-16(19)8-9-21-17/h8-9,12-15,20H,6-7,10-11H2,1-5H3. The van der Waals surface area contributed by atoms with E-state index in [-0.39, 0.29) is 5.54 Å². The summed E-state index contributed by atoms with van der Waals surface area (Å²) in [5.41, 5.74) is 0.193. The van der Waals surface area contributed by atoms with Crippen molar-refractivity contribution in [1.82, 2.24) is 5.32 Å². The number of hydrogen-bond acceptors (Lipinski definition) is 2. The van der Waals surface area contributed by atoms with Gasteiger partial charge in [-0.05, 0) is 81.7 Å². The van der Waals surface area contributed by atoms with Gasteiger partial charge in [0.1, 0.15) is 0 Å². The molecule has 1 aromatic heterocycles. The predicted octanol–water partition coefficient (Wildman–Crippen LogP) is 5.95. The second-order valence-corrected chi connectivity index (χ2v) is 9.30. The van der Waals surface area contributed by atoms with Crippen molar-refractivity contribution in [2.45, 2.75) is 65.3 Å². The van der Waals surface area contributed by atoms with Crippen molar-refractivity contribution in [3.05, 3.63) is 21.3 Å². The summed E-state index contributed by atoms with van der Waals surface area (Å²) < 4.78 is 0. The first-order valence-electron chi connectivity index (χ1n) is 8.26. The number of thiophene rings is 1. The molecule has 1 aromatic rings. The monoisotopic (exact) mass is 327 g/mol. The molecule has 0 aliphatic heterocycles. The van der Waals surface area contributed by atoms with Crippen molar-refractivity contribution in [3.63, 3.8) is 0 Å². The average molecular weight is 328 g/mol. The van der Waals surface area contributed by atoms with E-state index in [9.17, 15) is 0 Å². The van der Waals surface area contributed by atoms with Crippen LogP contribution in [0.1, 0.15) is 64.7 Å². The molecular formula is C18H30ClNS. The Kier molecular flexibility index (Phi) is 5.78. The Bertz CT molecular complexity index is 446. The summed E-state index contributed by atoms with van der Waals surface area (Å²) in [4.78, 5) is 1.42. The van der Waals surface area contributed by atoms with E-state index in [4.69, 9.17) is 11.6 Å². The molecule has 0 bridgehead atoms. The lowest BCUT2D eigenvalue weighted by atomic mass is 9.70. The van der Waals surface area contributed by atoms with Crippen LogP contribution in [0.25, 0.3) is 0 Å². The van der Waals surface area contributed by atoms with Crippen LogP contribution in [0.15, 0.2) is 11.4 Å². The van der Waals surface area contributed by atoms with Crippen molar-refractivity contribution < 1.29 is 0 Å². The molecule has 3 atom stereocenters. The summed E-state index contributed by atoms with van der Waals surface area (Å²) in [7, 11) is 0. The van der Waals surface area contributed by atoms with Gasteiger partial charge in [-0.2, -0.15) is 0 Å². The SMILES string of the molecule is CC(C)C1CCC(CNC(C)(C)C)C(c2sccc2Cl)C1. The minimum atomic E-state index is 0.193. The zero-order valence-corrected chi connectivity index (χ0v) is 15.7. The van der Waals surface area contributed by atoms with Crippen LogP contribution in [0, 0.1) is 17.8 Å². The molecule has 0 spiro atoms. The second kappa shape index (κ2) is 7.02. The quantitative estimate of drug-likeness (QED) is 0.721. The largest absolute Gasteiger partial charge is 0.312 e. The fourth-order valence-electron chi connectivity index (χ4n) is 3.44. The van der Waals surface area contributed by atoms with Crippen LogP contribution >= 0.6 is 22.9 Å². The molecule has 1 fully saturated rings. The molecule has 2 rings (SSSR count). The molecule has 1 nitrogen and oxygen atoms in total. The van der Waals surface area contributed by atoms with Gasteiger partial charge >= 0.3 is 0 Å². The Morgan fingerprint density at radius 1 is 1.33 bits per heavy atom. The van der Waals surface area contributed by atoms with Gasteiger partial charge in [-0.15, -0.1) is 11.3 Å². The summed E-state index contributed by atoms with van der Waals surface area (Å²) in [6, 6.07) is 2.06. The van der Waals surface area contributed by atoms with Gasteiger partial charge in [0, 0.05) is 10.4 Å². The Labute approximate surface area is 139 Å². The van der Waals surface area contributed by atoms with E-state index in [2.05, 4.69) is 51.4 Å². The Morgan fingerprint density at radius 3 is 2.57 bits per heavy atom. The summed E-state index contributed by atoms with van der Waals surface area (Å²) in [6.45, 7) is 12.6. The molecule has 0 amide bonds. The minimum Gasteiger partial charge on any atom is -0.312 e. The van der Waals surface area contributed by atoms with Crippen molar-refractivity contribution in [1.29, 1.82) is 0 Å². The van der Waals surface area contributed by atoms with Crippen LogP contribution in [-0.4, -0.2) is 12.1 Å². The van der Waals surface area contributed by atoms with Crippen molar-refractivity contribution >= 4 is 22.9 Å². The van der Waals surface area contributed by atoms with E-state index < -0.39 is 0 Å². The molecule has 120 valence electrons. The van der Waals surface area contributed by atoms with E-state index in [0.29, 0.717) is 5.92 Å². The second-order valence-electron chi connectivity index (χ2n) is 7.95. The number of rotatable bonds is 4. The van der Waals surface area contributed by atoms with Crippen molar-refractivity contribution in [3.8, 4) is 0 Å². The number of hydrogen-bond donors (Lipinski definition) is 1. The number of nitrogens with one attached hydrogen (secondary N) is 1. The third-order valence-corrected chi connectivity index (χ3v) is 6.34. The molecule has 1 aliphatic rings.